The molecule has 0 saturated heterocycles. The first-order valence-corrected chi connectivity index (χ1v) is 6.67. The molecule has 100 valence electrons. The van der Waals surface area contributed by atoms with E-state index < -0.39 is 12.0 Å². The van der Waals surface area contributed by atoms with Gasteiger partial charge in [-0.25, -0.2) is 0 Å². The minimum atomic E-state index is -0.914. The van der Waals surface area contributed by atoms with Crippen molar-refractivity contribution in [2.45, 2.75) is 25.3 Å². The predicted octanol–water partition coefficient (Wildman–Crippen LogP) is 1.14. The minimum Gasteiger partial charge on any atom is -0.481 e. The minimum absolute atomic E-state index is 0.0475. The lowest BCUT2D eigenvalue weighted by molar-refractivity contribution is -0.137. The summed E-state index contributed by atoms with van der Waals surface area (Å²) in [6.07, 6.45) is 0.757. The van der Waals surface area contributed by atoms with E-state index in [0.29, 0.717) is 17.8 Å². The first-order valence-electron chi connectivity index (χ1n) is 5.79. The highest BCUT2D eigenvalue weighted by atomic mass is 32.1. The van der Waals surface area contributed by atoms with Gasteiger partial charge in [0.05, 0.1) is 10.9 Å². The highest BCUT2D eigenvalue weighted by molar-refractivity contribution is 7.12. The Hall–Kier alpha value is -1.24. The van der Waals surface area contributed by atoms with Crippen LogP contribution < -0.4 is 5.32 Å². The fourth-order valence-electron chi connectivity index (χ4n) is 1.54. The van der Waals surface area contributed by atoms with Crippen LogP contribution in [-0.4, -0.2) is 41.2 Å². The highest BCUT2D eigenvalue weighted by Crippen LogP contribution is 2.14. The Bertz CT molecular complexity index is 377. The molecule has 0 aliphatic carbocycles. The third-order valence-electron chi connectivity index (χ3n) is 2.45. The molecule has 6 heteroatoms. The zero-order valence-electron chi connectivity index (χ0n) is 9.96. The van der Waals surface area contributed by atoms with Crippen molar-refractivity contribution in [1.82, 2.24) is 5.32 Å². The molecule has 0 radical (unpaired) electrons. The molecule has 3 N–H and O–H groups in total. The topological polar surface area (TPSA) is 86.6 Å². The number of nitrogens with one attached hydrogen (secondary N) is 1. The second-order valence-corrected chi connectivity index (χ2v) is 4.81. The van der Waals surface area contributed by atoms with Crippen molar-refractivity contribution in [3.8, 4) is 0 Å². The smallest absolute Gasteiger partial charge is 0.303 e. The molecule has 0 fully saturated rings. The van der Waals surface area contributed by atoms with Gasteiger partial charge in [0.2, 0.25) is 0 Å². The van der Waals surface area contributed by atoms with E-state index in [1.807, 2.05) is 5.38 Å². The van der Waals surface area contributed by atoms with Crippen molar-refractivity contribution < 1.29 is 19.8 Å². The number of aliphatic hydroxyl groups excluding tert-OH is 1. The first-order chi connectivity index (χ1) is 8.65. The maximum absolute atomic E-state index is 12.1. The van der Waals surface area contributed by atoms with Gasteiger partial charge < -0.3 is 15.5 Å². The van der Waals surface area contributed by atoms with Crippen molar-refractivity contribution in [1.29, 1.82) is 0 Å². The average molecular weight is 271 g/mol. The summed E-state index contributed by atoms with van der Waals surface area (Å²) in [7, 11) is 0. The molecule has 0 aromatic carbocycles. The van der Waals surface area contributed by atoms with Crippen LogP contribution in [-0.2, 0) is 4.79 Å². The molecule has 5 nitrogen and oxygen atoms in total. The third-order valence-corrected chi connectivity index (χ3v) is 3.34. The van der Waals surface area contributed by atoms with Gasteiger partial charge in [0.15, 0.2) is 5.78 Å². The molecule has 1 heterocycles. The van der Waals surface area contributed by atoms with Crippen LogP contribution in [0.5, 0.6) is 0 Å². The number of aliphatic hydroxyl groups is 1. The van der Waals surface area contributed by atoms with Crippen molar-refractivity contribution in [3.05, 3.63) is 22.4 Å². The van der Waals surface area contributed by atoms with Crippen molar-refractivity contribution in [3.63, 3.8) is 0 Å². The van der Waals surface area contributed by atoms with Crippen LogP contribution in [0, 0.1) is 0 Å². The van der Waals surface area contributed by atoms with E-state index in [1.54, 1.807) is 12.1 Å². The molecule has 0 saturated carbocycles. The van der Waals surface area contributed by atoms with E-state index in [1.165, 1.54) is 11.3 Å². The summed E-state index contributed by atoms with van der Waals surface area (Å²) in [5, 5.41) is 22.2. The van der Waals surface area contributed by atoms with Crippen LogP contribution in [0.25, 0.3) is 0 Å². The van der Waals surface area contributed by atoms with E-state index in [2.05, 4.69) is 5.32 Å². The number of carboxylic acid groups (broad SMARTS) is 1. The molecule has 0 amide bonds. The SMILES string of the molecule is O=C(O)CCC(NCCCO)C(=O)c1cccs1. The van der Waals surface area contributed by atoms with Gasteiger partial charge in [-0.15, -0.1) is 11.3 Å². The van der Waals surface area contributed by atoms with Crippen LogP contribution >= 0.6 is 11.3 Å². The largest absolute Gasteiger partial charge is 0.481 e. The quantitative estimate of drug-likeness (QED) is 0.463. The van der Waals surface area contributed by atoms with Gasteiger partial charge in [-0.05, 0) is 30.8 Å². The van der Waals surface area contributed by atoms with Gasteiger partial charge in [-0.2, -0.15) is 0 Å². The number of rotatable bonds is 9. The van der Waals surface area contributed by atoms with E-state index in [4.69, 9.17) is 10.2 Å². The normalized spacial score (nSPS) is 12.3. The number of thiophene rings is 1. The summed E-state index contributed by atoms with van der Waals surface area (Å²) in [6, 6.07) is 3.03. The molecule has 0 aliphatic heterocycles. The molecule has 1 unspecified atom stereocenters. The van der Waals surface area contributed by atoms with E-state index in [9.17, 15) is 9.59 Å². The van der Waals surface area contributed by atoms with Crippen molar-refractivity contribution in [2.75, 3.05) is 13.2 Å². The Morgan fingerprint density at radius 2 is 2.22 bits per heavy atom. The van der Waals surface area contributed by atoms with Gasteiger partial charge in [-0.3, -0.25) is 9.59 Å². The second kappa shape index (κ2) is 7.97. The van der Waals surface area contributed by atoms with Crippen molar-refractivity contribution in [2.24, 2.45) is 0 Å². The van der Waals surface area contributed by atoms with Gasteiger partial charge in [0.25, 0.3) is 0 Å². The Labute approximate surface area is 109 Å². The van der Waals surface area contributed by atoms with E-state index in [-0.39, 0.29) is 25.2 Å². The second-order valence-electron chi connectivity index (χ2n) is 3.86. The maximum Gasteiger partial charge on any atom is 0.303 e. The van der Waals surface area contributed by atoms with Crippen LogP contribution in [0.1, 0.15) is 28.9 Å². The molecule has 1 atom stereocenters. The molecule has 0 spiro atoms. The number of Topliss-reactive ketones (excluding diaryl/α,β-unsaturated/α-hetero) is 1. The molecule has 0 bridgehead atoms. The standard InChI is InChI=1S/C12H17NO4S/c14-7-2-6-13-9(4-5-11(15)16)12(17)10-3-1-8-18-10/h1,3,8-9,13-14H,2,4-7H2,(H,15,16). The van der Waals surface area contributed by atoms with Crippen molar-refractivity contribution >= 4 is 23.1 Å². The monoisotopic (exact) mass is 271 g/mol. The molecule has 0 aliphatic rings. The number of carbonyl (C=O) groups is 2. The zero-order chi connectivity index (χ0) is 13.4. The Balaban J connectivity index is 2.57. The number of carboxylic acids is 1. The lowest BCUT2D eigenvalue weighted by atomic mass is 10.1. The molecule has 1 rings (SSSR count). The molecule has 1 aromatic heterocycles. The Morgan fingerprint density at radius 3 is 2.78 bits per heavy atom. The van der Waals surface area contributed by atoms with E-state index in [0.717, 1.165) is 0 Å². The lowest BCUT2D eigenvalue weighted by Crippen LogP contribution is -2.37. The predicted molar refractivity (Wildman–Crippen MR) is 69.0 cm³/mol. The van der Waals surface area contributed by atoms with Crippen LogP contribution in [0.3, 0.4) is 0 Å². The van der Waals surface area contributed by atoms with Crippen LogP contribution in [0.15, 0.2) is 17.5 Å². The molecule has 1 aromatic rings. The average Bonchev–Trinajstić information content (AvgIpc) is 2.86. The summed E-state index contributed by atoms with van der Waals surface area (Å²) in [4.78, 5) is 23.3. The van der Waals surface area contributed by atoms with E-state index >= 15 is 0 Å². The highest BCUT2D eigenvalue weighted by Gasteiger charge is 2.20. The van der Waals surface area contributed by atoms with Gasteiger partial charge in [0, 0.05) is 13.0 Å². The lowest BCUT2D eigenvalue weighted by Gasteiger charge is -2.15. The Kier molecular flexibility index (Phi) is 6.56. The van der Waals surface area contributed by atoms with Crippen LogP contribution in [0.4, 0.5) is 0 Å². The first kappa shape index (κ1) is 14.8. The number of aliphatic carboxylic acids is 1. The summed E-state index contributed by atoms with van der Waals surface area (Å²) in [5.74, 6) is -0.993. The van der Waals surface area contributed by atoms with Gasteiger partial charge in [-0.1, -0.05) is 6.07 Å². The molecular weight excluding hydrogens is 254 g/mol. The molecule has 18 heavy (non-hydrogen) atoms. The Morgan fingerprint density at radius 1 is 1.44 bits per heavy atom. The summed E-state index contributed by atoms with van der Waals surface area (Å²) >= 11 is 1.35. The van der Waals surface area contributed by atoms with Gasteiger partial charge in [0.1, 0.15) is 0 Å². The fourth-order valence-corrected chi connectivity index (χ4v) is 2.26. The summed E-state index contributed by atoms with van der Waals surface area (Å²) in [6.45, 7) is 0.545. The van der Waals surface area contributed by atoms with Gasteiger partial charge >= 0.3 is 5.97 Å². The summed E-state index contributed by atoms with van der Waals surface area (Å²) < 4.78 is 0. The maximum atomic E-state index is 12.1. The number of hydrogen-bond acceptors (Lipinski definition) is 5. The van der Waals surface area contributed by atoms with Crippen LogP contribution in [0.2, 0.25) is 0 Å². The zero-order valence-corrected chi connectivity index (χ0v) is 10.8. The molecular formula is C12H17NO4S. The fraction of sp³-hybridized carbons (Fsp3) is 0.500. The third kappa shape index (κ3) is 4.95. The summed E-state index contributed by atoms with van der Waals surface area (Å²) in [5.41, 5.74) is 0. The number of carbonyl (C=O) groups excluding carboxylic acids is 1. The number of hydrogen-bond donors (Lipinski definition) is 3. The number of ketones is 1.